The molecule has 0 bridgehead atoms. The van der Waals surface area contributed by atoms with Crippen LogP contribution in [0.1, 0.15) is 54.0 Å². The molecule has 0 unspecified atom stereocenters. The maximum Gasteiger partial charge on any atom is 0.313 e. The maximum absolute atomic E-state index is 13.2. The van der Waals surface area contributed by atoms with Gasteiger partial charge >= 0.3 is 5.97 Å². The lowest BCUT2D eigenvalue weighted by molar-refractivity contribution is -0.153. The highest BCUT2D eigenvalue weighted by atomic mass is 28.4. The zero-order chi connectivity index (χ0) is 24.4. The number of rotatable bonds is 8. The van der Waals surface area contributed by atoms with Gasteiger partial charge in [-0.1, -0.05) is 63.2 Å². The van der Waals surface area contributed by atoms with Gasteiger partial charge < -0.3 is 9.16 Å². The van der Waals surface area contributed by atoms with E-state index in [4.69, 9.17) is 9.16 Å². The summed E-state index contributed by atoms with van der Waals surface area (Å²) < 4.78 is 12.1. The van der Waals surface area contributed by atoms with Crippen LogP contribution in [-0.2, 0) is 20.6 Å². The number of amides is 2. The topological polar surface area (TPSA) is 72.9 Å². The number of imide groups is 1. The second-order valence-corrected chi connectivity index (χ2v) is 14.8. The van der Waals surface area contributed by atoms with Crippen LogP contribution in [0.4, 0.5) is 0 Å². The molecule has 2 aromatic rings. The molecule has 7 heteroatoms. The zero-order valence-electron chi connectivity index (χ0n) is 20.3. The molecule has 0 saturated heterocycles. The molecule has 0 aromatic heterocycles. The Morgan fingerprint density at radius 1 is 0.939 bits per heavy atom. The molecule has 2 atom stereocenters. The molecular weight excluding hydrogens is 434 g/mol. The normalized spacial score (nSPS) is 15.9. The van der Waals surface area contributed by atoms with Crippen LogP contribution >= 0.6 is 0 Å². The predicted octanol–water partition coefficient (Wildman–Crippen LogP) is 5.05. The van der Waals surface area contributed by atoms with Gasteiger partial charge in [-0.25, -0.2) is 0 Å². The number of esters is 1. The average Bonchev–Trinajstić information content (AvgIpc) is 3.00. The molecule has 1 heterocycles. The molecule has 0 spiro atoms. The van der Waals surface area contributed by atoms with Crippen LogP contribution in [-0.4, -0.2) is 43.6 Å². The molecular formula is C26H33NO5Si. The third-order valence-electron chi connectivity index (χ3n) is 6.64. The van der Waals surface area contributed by atoms with Crippen molar-refractivity contribution in [1.29, 1.82) is 0 Å². The Morgan fingerprint density at radius 3 is 1.97 bits per heavy atom. The molecule has 6 nitrogen and oxygen atoms in total. The molecule has 0 saturated carbocycles. The molecule has 2 amide bonds. The summed E-state index contributed by atoms with van der Waals surface area (Å²) >= 11 is 0. The van der Waals surface area contributed by atoms with Crippen molar-refractivity contribution in [3.63, 3.8) is 0 Å². The Balaban J connectivity index is 1.83. The number of fused-ring (bicyclic) bond motifs is 1. The minimum Gasteiger partial charge on any atom is -0.460 e. The van der Waals surface area contributed by atoms with E-state index < -0.39 is 38.1 Å². The van der Waals surface area contributed by atoms with Gasteiger partial charge in [-0.05, 0) is 42.8 Å². The van der Waals surface area contributed by atoms with Gasteiger partial charge in [0, 0.05) is 6.54 Å². The highest BCUT2D eigenvalue weighted by Gasteiger charge is 2.44. The largest absolute Gasteiger partial charge is 0.460 e. The molecule has 0 N–H and O–H groups in total. The second-order valence-electron chi connectivity index (χ2n) is 10.0. The molecule has 1 aliphatic rings. The third-order valence-corrected chi connectivity index (χ3v) is 11.2. The van der Waals surface area contributed by atoms with E-state index in [0.29, 0.717) is 11.1 Å². The quantitative estimate of drug-likeness (QED) is 0.308. The summed E-state index contributed by atoms with van der Waals surface area (Å²) in [5.41, 5.74) is 1.58. The van der Waals surface area contributed by atoms with Gasteiger partial charge in [-0.2, -0.15) is 0 Å². The smallest absolute Gasteiger partial charge is 0.313 e. The van der Waals surface area contributed by atoms with Crippen molar-refractivity contribution >= 4 is 26.1 Å². The maximum atomic E-state index is 13.2. The van der Waals surface area contributed by atoms with Crippen molar-refractivity contribution in [3.8, 4) is 0 Å². The van der Waals surface area contributed by atoms with Crippen LogP contribution in [0.3, 0.4) is 0 Å². The molecule has 33 heavy (non-hydrogen) atoms. The minimum absolute atomic E-state index is 0.0602. The number of ether oxygens (including phenoxy) is 1. The van der Waals surface area contributed by atoms with Crippen molar-refractivity contribution in [1.82, 2.24) is 4.90 Å². The lowest BCUT2D eigenvalue weighted by Crippen LogP contribution is -2.49. The van der Waals surface area contributed by atoms with Gasteiger partial charge in [0.2, 0.25) is 0 Å². The lowest BCUT2D eigenvalue weighted by atomic mass is 10.0. The number of hydrogen-bond donors (Lipinski definition) is 0. The molecule has 2 aromatic carbocycles. The van der Waals surface area contributed by atoms with Crippen LogP contribution in [0, 0.1) is 5.92 Å². The van der Waals surface area contributed by atoms with E-state index in [1.54, 1.807) is 24.3 Å². The van der Waals surface area contributed by atoms with E-state index in [-0.39, 0.29) is 18.2 Å². The Bertz CT molecular complexity index is 993. The average molecular weight is 468 g/mol. The first kappa shape index (κ1) is 24.9. The fourth-order valence-electron chi connectivity index (χ4n) is 3.58. The Morgan fingerprint density at radius 2 is 1.45 bits per heavy atom. The number of nitrogens with zero attached hydrogens (tertiary/aromatic N) is 1. The van der Waals surface area contributed by atoms with Crippen LogP contribution in [0.2, 0.25) is 18.1 Å². The first-order valence-corrected chi connectivity index (χ1v) is 14.2. The summed E-state index contributed by atoms with van der Waals surface area (Å²) in [6.45, 7) is 12.4. The van der Waals surface area contributed by atoms with Crippen LogP contribution in [0.25, 0.3) is 0 Å². The van der Waals surface area contributed by atoms with E-state index >= 15 is 0 Å². The first-order chi connectivity index (χ1) is 15.4. The molecule has 0 fully saturated rings. The summed E-state index contributed by atoms with van der Waals surface area (Å²) in [5, 5.41) is -0.0602. The molecule has 1 aliphatic heterocycles. The zero-order valence-corrected chi connectivity index (χ0v) is 21.3. The van der Waals surface area contributed by atoms with Crippen LogP contribution < -0.4 is 0 Å². The highest BCUT2D eigenvalue weighted by molar-refractivity contribution is 6.74. The van der Waals surface area contributed by atoms with Gasteiger partial charge in [0.05, 0.1) is 23.1 Å². The Kier molecular flexibility index (Phi) is 7.24. The summed E-state index contributed by atoms with van der Waals surface area (Å²) in [6.07, 6.45) is -0.529. The SMILES string of the molecule is C[C@@H](O[Si](C)(C)C(C)(C)C)[C@H](CN1C(=O)c2ccccc2C1=O)C(=O)OCc1ccccc1. The van der Waals surface area contributed by atoms with Crippen molar-refractivity contribution in [3.05, 3.63) is 71.3 Å². The van der Waals surface area contributed by atoms with E-state index in [0.717, 1.165) is 10.5 Å². The molecule has 0 radical (unpaired) electrons. The fraction of sp³-hybridized carbons (Fsp3) is 0.423. The number of benzene rings is 2. The monoisotopic (exact) mass is 467 g/mol. The van der Waals surface area contributed by atoms with Crippen molar-refractivity contribution in [2.24, 2.45) is 5.92 Å². The predicted molar refractivity (Wildman–Crippen MR) is 129 cm³/mol. The molecule has 3 rings (SSSR count). The van der Waals surface area contributed by atoms with E-state index in [1.807, 2.05) is 37.3 Å². The number of carbonyl (C=O) groups is 3. The molecule has 176 valence electrons. The van der Waals surface area contributed by atoms with Gasteiger partial charge in [-0.15, -0.1) is 0 Å². The standard InChI is InChI=1S/C26H33NO5Si/c1-18(32-33(5,6)26(2,3)4)22(25(30)31-17-19-12-8-7-9-13-19)16-27-23(28)20-14-10-11-15-21(20)24(27)29/h7-15,18,22H,16-17H2,1-6H3/t18-,22+/m1/s1. The van der Waals surface area contributed by atoms with Gasteiger partial charge in [0.1, 0.15) is 6.61 Å². The Hall–Kier alpha value is -2.77. The number of hydrogen-bond acceptors (Lipinski definition) is 5. The number of carbonyl (C=O) groups excluding carboxylic acids is 3. The van der Waals surface area contributed by atoms with Gasteiger partial charge in [-0.3, -0.25) is 19.3 Å². The van der Waals surface area contributed by atoms with Crippen molar-refractivity contribution in [2.75, 3.05) is 6.54 Å². The van der Waals surface area contributed by atoms with E-state index in [1.165, 1.54) is 0 Å². The van der Waals surface area contributed by atoms with Crippen LogP contribution in [0.15, 0.2) is 54.6 Å². The van der Waals surface area contributed by atoms with Crippen molar-refractivity contribution < 1.29 is 23.5 Å². The summed E-state index contributed by atoms with van der Waals surface area (Å²) in [5.74, 6) is -2.07. The third kappa shape index (κ3) is 5.42. The van der Waals surface area contributed by atoms with Crippen molar-refractivity contribution in [2.45, 2.75) is 58.5 Å². The summed E-state index contributed by atoms with van der Waals surface area (Å²) in [4.78, 5) is 40.2. The summed E-state index contributed by atoms with van der Waals surface area (Å²) in [7, 11) is -2.21. The van der Waals surface area contributed by atoms with Gasteiger partial charge in [0.15, 0.2) is 8.32 Å². The summed E-state index contributed by atoms with van der Waals surface area (Å²) in [6, 6.07) is 16.1. The second kappa shape index (κ2) is 9.61. The van der Waals surface area contributed by atoms with Gasteiger partial charge in [0.25, 0.3) is 11.8 Å². The Labute approximate surface area is 197 Å². The van der Waals surface area contributed by atoms with E-state index in [9.17, 15) is 14.4 Å². The lowest BCUT2D eigenvalue weighted by Gasteiger charge is -2.40. The van der Waals surface area contributed by atoms with Crippen LogP contribution in [0.5, 0.6) is 0 Å². The molecule has 0 aliphatic carbocycles. The first-order valence-electron chi connectivity index (χ1n) is 11.3. The highest BCUT2D eigenvalue weighted by Crippen LogP contribution is 2.38. The van der Waals surface area contributed by atoms with E-state index in [2.05, 4.69) is 33.9 Å². The fourth-order valence-corrected chi connectivity index (χ4v) is 5.02. The minimum atomic E-state index is -2.21.